The van der Waals surface area contributed by atoms with Crippen molar-refractivity contribution in [3.63, 3.8) is 0 Å². The van der Waals surface area contributed by atoms with Crippen LogP contribution in [-0.4, -0.2) is 43.6 Å². The van der Waals surface area contributed by atoms with Gasteiger partial charge in [0.15, 0.2) is 4.34 Å². The highest BCUT2D eigenvalue weighted by Crippen LogP contribution is 2.47. The van der Waals surface area contributed by atoms with Gasteiger partial charge >= 0.3 is 0 Å². The molecule has 2 fully saturated rings. The molecule has 2 saturated heterocycles. The fourth-order valence-corrected chi connectivity index (χ4v) is 6.38. The van der Waals surface area contributed by atoms with Gasteiger partial charge in [0, 0.05) is 17.9 Å². The van der Waals surface area contributed by atoms with Crippen LogP contribution < -0.4 is 5.32 Å². The molecule has 2 aromatic rings. The first-order valence-corrected chi connectivity index (χ1v) is 11.1. The van der Waals surface area contributed by atoms with Crippen molar-refractivity contribution in [2.24, 2.45) is 0 Å². The van der Waals surface area contributed by atoms with Crippen LogP contribution in [0.25, 0.3) is 0 Å². The summed E-state index contributed by atoms with van der Waals surface area (Å²) in [6.07, 6.45) is 1.33. The molecule has 0 saturated carbocycles. The predicted octanol–water partition coefficient (Wildman–Crippen LogP) is 3.22. The Morgan fingerprint density at radius 2 is 2.19 bits per heavy atom. The summed E-state index contributed by atoms with van der Waals surface area (Å²) in [6.45, 7) is 2.04. The summed E-state index contributed by atoms with van der Waals surface area (Å²) >= 11 is 4.64. The maximum atomic E-state index is 12.6. The monoisotopic (exact) mass is 406 g/mol. The lowest BCUT2D eigenvalue weighted by Gasteiger charge is -2.29. The van der Waals surface area contributed by atoms with Crippen molar-refractivity contribution in [3.8, 4) is 0 Å². The molecule has 1 aromatic heterocycles. The van der Waals surface area contributed by atoms with Crippen molar-refractivity contribution >= 4 is 51.8 Å². The zero-order chi connectivity index (χ0) is 18.1. The average molecular weight is 407 g/mol. The van der Waals surface area contributed by atoms with Gasteiger partial charge in [-0.2, -0.15) is 0 Å². The van der Waals surface area contributed by atoms with E-state index in [9.17, 15) is 9.59 Å². The van der Waals surface area contributed by atoms with Crippen molar-refractivity contribution < 1.29 is 9.59 Å². The van der Waals surface area contributed by atoms with Gasteiger partial charge in [0.05, 0.1) is 4.87 Å². The second kappa shape index (κ2) is 7.21. The molecule has 2 aliphatic rings. The van der Waals surface area contributed by atoms with E-state index < -0.39 is 6.04 Å². The van der Waals surface area contributed by atoms with Crippen LogP contribution in [0.1, 0.15) is 25.3 Å². The molecule has 26 heavy (non-hydrogen) atoms. The number of thioether (sulfide) groups is 2. The largest absolute Gasteiger partial charge is 0.315 e. The molecule has 0 spiro atoms. The number of carbonyl (C=O) groups excluding carboxylic acids is 2. The van der Waals surface area contributed by atoms with Crippen molar-refractivity contribution in [2.75, 3.05) is 11.1 Å². The predicted molar refractivity (Wildman–Crippen MR) is 105 cm³/mol. The number of benzene rings is 1. The molecule has 1 N–H and O–H groups in total. The van der Waals surface area contributed by atoms with E-state index in [1.807, 2.05) is 25.1 Å². The van der Waals surface area contributed by atoms with Gasteiger partial charge in [-0.1, -0.05) is 53.4 Å². The molecule has 136 valence electrons. The van der Waals surface area contributed by atoms with E-state index in [1.165, 1.54) is 16.9 Å². The third-order valence-electron chi connectivity index (χ3n) is 4.59. The van der Waals surface area contributed by atoms with E-state index in [4.69, 9.17) is 0 Å². The topological polar surface area (TPSA) is 75.2 Å². The van der Waals surface area contributed by atoms with Gasteiger partial charge in [0.25, 0.3) is 0 Å². The maximum absolute atomic E-state index is 12.6. The number of hydrogen-bond acceptors (Lipinski definition) is 7. The first-order valence-electron chi connectivity index (χ1n) is 8.32. The summed E-state index contributed by atoms with van der Waals surface area (Å²) in [5.41, 5.74) is 1.22. The quantitative estimate of drug-likeness (QED) is 0.607. The fraction of sp³-hybridized carbons (Fsp3) is 0.412. The van der Waals surface area contributed by atoms with Gasteiger partial charge < -0.3 is 4.90 Å². The van der Waals surface area contributed by atoms with Gasteiger partial charge in [-0.05, 0) is 18.9 Å². The highest BCUT2D eigenvalue weighted by atomic mass is 32.2. The maximum Gasteiger partial charge on any atom is 0.249 e. The standard InChI is InChI=1S/C17H18N4O2S3/c1-17-8-7-13(22)21(17)12(10-25-17)14(23)18-15-19-20-16(26-15)24-9-11-5-3-2-4-6-11/h2-6,12H,7-10H2,1H3,(H,18,19,23)/t12-,17+/m1/s1. The zero-order valence-corrected chi connectivity index (χ0v) is 16.6. The Balaban J connectivity index is 1.37. The Labute approximate surface area is 164 Å². The van der Waals surface area contributed by atoms with E-state index in [0.29, 0.717) is 17.3 Å². The molecule has 0 unspecified atom stereocenters. The minimum atomic E-state index is -0.427. The Hall–Kier alpha value is -1.58. The van der Waals surface area contributed by atoms with Crippen LogP contribution >= 0.6 is 34.9 Å². The van der Waals surface area contributed by atoms with Crippen LogP contribution in [0.2, 0.25) is 0 Å². The van der Waals surface area contributed by atoms with Crippen LogP contribution in [0.3, 0.4) is 0 Å². The number of hydrogen-bond donors (Lipinski definition) is 1. The minimum Gasteiger partial charge on any atom is -0.315 e. The molecule has 2 amide bonds. The molecule has 4 rings (SSSR count). The molecule has 2 atom stereocenters. The number of amides is 2. The average Bonchev–Trinajstić information content (AvgIpc) is 3.30. The highest BCUT2D eigenvalue weighted by molar-refractivity contribution is 8.01. The molecule has 6 nitrogen and oxygen atoms in total. The summed E-state index contributed by atoms with van der Waals surface area (Å²) in [7, 11) is 0. The highest BCUT2D eigenvalue weighted by Gasteiger charge is 2.52. The van der Waals surface area contributed by atoms with Crippen LogP contribution in [0.5, 0.6) is 0 Å². The second-order valence-electron chi connectivity index (χ2n) is 6.40. The smallest absolute Gasteiger partial charge is 0.249 e. The van der Waals surface area contributed by atoms with Crippen LogP contribution in [0.15, 0.2) is 34.7 Å². The Morgan fingerprint density at radius 1 is 1.38 bits per heavy atom. The van der Waals surface area contributed by atoms with Gasteiger partial charge in [-0.3, -0.25) is 14.9 Å². The third-order valence-corrected chi connectivity index (χ3v) is 8.14. The number of anilines is 1. The first-order chi connectivity index (χ1) is 12.5. The summed E-state index contributed by atoms with van der Waals surface area (Å²) in [6, 6.07) is 9.72. The molecule has 3 heterocycles. The van der Waals surface area contributed by atoms with Crippen LogP contribution in [0.4, 0.5) is 5.13 Å². The number of nitrogens with zero attached hydrogens (tertiary/aromatic N) is 3. The molecule has 0 bridgehead atoms. The lowest BCUT2D eigenvalue weighted by molar-refractivity contribution is -0.135. The zero-order valence-electron chi connectivity index (χ0n) is 14.2. The molecule has 1 aromatic carbocycles. The van der Waals surface area contributed by atoms with Gasteiger partial charge in [0.1, 0.15) is 6.04 Å². The van der Waals surface area contributed by atoms with Crippen molar-refractivity contribution in [1.82, 2.24) is 15.1 Å². The van der Waals surface area contributed by atoms with Gasteiger partial charge in [0.2, 0.25) is 16.9 Å². The van der Waals surface area contributed by atoms with Gasteiger partial charge in [-0.15, -0.1) is 22.0 Å². The molecule has 0 radical (unpaired) electrons. The fourth-order valence-electron chi connectivity index (χ4n) is 3.24. The summed E-state index contributed by atoms with van der Waals surface area (Å²) in [4.78, 5) is 26.3. The van der Waals surface area contributed by atoms with Crippen molar-refractivity contribution in [1.29, 1.82) is 0 Å². The molecular formula is C17H18N4O2S3. The molecule has 2 aliphatic heterocycles. The third kappa shape index (κ3) is 3.47. The van der Waals surface area contributed by atoms with E-state index in [1.54, 1.807) is 28.4 Å². The lowest BCUT2D eigenvalue weighted by atomic mass is 10.2. The lowest BCUT2D eigenvalue weighted by Crippen LogP contribution is -2.48. The molecule has 9 heteroatoms. The second-order valence-corrected chi connectivity index (χ2v) is 10.1. The summed E-state index contributed by atoms with van der Waals surface area (Å²) in [5.74, 6) is 1.33. The van der Waals surface area contributed by atoms with Crippen molar-refractivity contribution in [3.05, 3.63) is 35.9 Å². The van der Waals surface area contributed by atoms with E-state index >= 15 is 0 Å². The Kier molecular flexibility index (Phi) is 4.94. The molecule has 0 aliphatic carbocycles. The number of aromatic nitrogens is 2. The van der Waals surface area contributed by atoms with Crippen LogP contribution in [-0.2, 0) is 15.3 Å². The number of carbonyl (C=O) groups is 2. The molecular weight excluding hydrogens is 388 g/mol. The normalized spacial score (nSPS) is 24.7. The van der Waals surface area contributed by atoms with Gasteiger partial charge in [-0.25, -0.2) is 0 Å². The minimum absolute atomic E-state index is 0.0639. The van der Waals surface area contributed by atoms with Crippen molar-refractivity contribution in [2.45, 2.75) is 40.8 Å². The first kappa shape index (κ1) is 17.8. The Bertz CT molecular complexity index is 828. The SMILES string of the molecule is C[C@]12CCC(=O)N1[C@@H](C(=O)Nc1nnc(SCc3ccccc3)s1)CS2. The number of fused-ring (bicyclic) bond motifs is 1. The summed E-state index contributed by atoms with van der Waals surface area (Å²) < 4.78 is 0.812. The van der Waals surface area contributed by atoms with Crippen LogP contribution in [0, 0.1) is 0 Å². The number of rotatable bonds is 5. The number of nitrogens with one attached hydrogen (secondary N) is 1. The van der Waals surface area contributed by atoms with E-state index in [2.05, 4.69) is 27.6 Å². The Morgan fingerprint density at radius 3 is 3.00 bits per heavy atom. The summed E-state index contributed by atoms with van der Waals surface area (Å²) in [5, 5.41) is 11.5. The van der Waals surface area contributed by atoms with E-state index in [0.717, 1.165) is 16.5 Å². The van der Waals surface area contributed by atoms with E-state index in [-0.39, 0.29) is 16.7 Å².